The normalized spacial score (nSPS) is 11.4. The van der Waals surface area contributed by atoms with E-state index in [1.807, 2.05) is 0 Å². The Hall–Kier alpha value is -2.49. The summed E-state index contributed by atoms with van der Waals surface area (Å²) < 4.78 is 16.3. The van der Waals surface area contributed by atoms with E-state index in [1.165, 1.54) is 17.2 Å². The highest BCUT2D eigenvalue weighted by Crippen LogP contribution is 2.31. The van der Waals surface area contributed by atoms with Crippen molar-refractivity contribution in [1.82, 2.24) is 0 Å². The van der Waals surface area contributed by atoms with E-state index in [1.54, 1.807) is 25.3 Å². The van der Waals surface area contributed by atoms with Gasteiger partial charge in [-0.05, 0) is 51.8 Å². The Morgan fingerprint density at radius 2 is 1.92 bits per heavy atom. The van der Waals surface area contributed by atoms with Crippen molar-refractivity contribution in [3.63, 3.8) is 0 Å². The van der Waals surface area contributed by atoms with Crippen molar-refractivity contribution in [3.8, 4) is 11.5 Å². The number of ether oxygens (including phenoxy) is 2. The molecule has 0 aliphatic rings. The molecule has 0 N–H and O–H groups in total. The van der Waals surface area contributed by atoms with Crippen molar-refractivity contribution in [1.29, 1.82) is 0 Å². The number of rotatable bonds is 7. The third-order valence-corrected chi connectivity index (χ3v) is 3.67. The summed E-state index contributed by atoms with van der Waals surface area (Å²) in [6.07, 6.45) is 6.34. The van der Waals surface area contributed by atoms with Crippen LogP contribution in [0.2, 0.25) is 0 Å². The van der Waals surface area contributed by atoms with Crippen LogP contribution in [-0.4, -0.2) is 13.7 Å². The number of allylic oxidation sites excluding steroid dienone is 3. The molecule has 1 heterocycles. The lowest BCUT2D eigenvalue weighted by atomic mass is 10.1. The van der Waals surface area contributed by atoms with E-state index in [4.69, 9.17) is 13.9 Å². The maximum Gasteiger partial charge on any atom is 0.336 e. The number of methoxy groups -OCH3 is 1. The predicted octanol–water partition coefficient (Wildman–Crippen LogP) is 4.87. The van der Waals surface area contributed by atoms with Crippen LogP contribution < -0.4 is 15.1 Å². The minimum absolute atomic E-state index is 0.381. The third-order valence-electron chi connectivity index (χ3n) is 3.67. The first kappa shape index (κ1) is 17.9. The monoisotopic (exact) mass is 328 g/mol. The number of hydrogen-bond acceptors (Lipinski definition) is 4. The van der Waals surface area contributed by atoms with Crippen molar-refractivity contribution in [2.75, 3.05) is 13.7 Å². The van der Waals surface area contributed by atoms with Gasteiger partial charge in [-0.2, -0.15) is 0 Å². The summed E-state index contributed by atoms with van der Waals surface area (Å²) in [7, 11) is 1.59. The van der Waals surface area contributed by atoms with Gasteiger partial charge >= 0.3 is 5.63 Å². The first-order valence-corrected chi connectivity index (χ1v) is 8.03. The first-order valence-electron chi connectivity index (χ1n) is 8.03. The molecule has 4 heteroatoms. The van der Waals surface area contributed by atoms with Crippen LogP contribution in [0, 0.1) is 0 Å². The van der Waals surface area contributed by atoms with Crippen LogP contribution in [0.5, 0.6) is 11.5 Å². The van der Waals surface area contributed by atoms with Gasteiger partial charge in [-0.25, -0.2) is 4.79 Å². The van der Waals surface area contributed by atoms with Gasteiger partial charge in [-0.15, -0.1) is 0 Å². The molecule has 0 saturated heterocycles. The molecular formula is C20H24O4. The minimum Gasteiger partial charge on any atom is -0.493 e. The van der Waals surface area contributed by atoms with Crippen molar-refractivity contribution in [2.24, 2.45) is 0 Å². The van der Waals surface area contributed by atoms with Gasteiger partial charge in [0, 0.05) is 17.5 Å². The highest BCUT2D eigenvalue weighted by molar-refractivity contribution is 5.80. The Morgan fingerprint density at radius 3 is 2.62 bits per heavy atom. The molecule has 0 radical (unpaired) electrons. The van der Waals surface area contributed by atoms with Crippen LogP contribution in [0.25, 0.3) is 11.0 Å². The van der Waals surface area contributed by atoms with Gasteiger partial charge in [-0.1, -0.05) is 17.2 Å². The Morgan fingerprint density at radius 1 is 1.12 bits per heavy atom. The van der Waals surface area contributed by atoms with Crippen LogP contribution in [0.15, 0.2) is 56.8 Å². The fraction of sp³-hybridized carbons (Fsp3) is 0.350. The van der Waals surface area contributed by atoms with Crippen molar-refractivity contribution < 1.29 is 13.9 Å². The Bertz CT molecular complexity index is 808. The molecule has 2 aromatic rings. The van der Waals surface area contributed by atoms with Crippen LogP contribution >= 0.6 is 0 Å². The van der Waals surface area contributed by atoms with E-state index in [0.29, 0.717) is 23.7 Å². The molecular weight excluding hydrogens is 304 g/mol. The summed E-state index contributed by atoms with van der Waals surface area (Å²) >= 11 is 0. The molecule has 0 aliphatic carbocycles. The second kappa shape index (κ2) is 8.39. The van der Waals surface area contributed by atoms with Gasteiger partial charge in [0.05, 0.1) is 7.11 Å². The number of fused-ring (bicyclic) bond motifs is 1. The highest BCUT2D eigenvalue weighted by atomic mass is 16.5. The van der Waals surface area contributed by atoms with Gasteiger partial charge in [0.15, 0.2) is 11.5 Å². The molecule has 0 unspecified atom stereocenters. The lowest BCUT2D eigenvalue weighted by Crippen LogP contribution is -1.99. The summed E-state index contributed by atoms with van der Waals surface area (Å²) in [4.78, 5) is 11.3. The maximum atomic E-state index is 11.3. The topological polar surface area (TPSA) is 48.7 Å². The first-order chi connectivity index (χ1) is 11.5. The molecule has 2 rings (SSSR count). The lowest BCUT2D eigenvalue weighted by Gasteiger charge is -2.10. The van der Waals surface area contributed by atoms with Crippen molar-refractivity contribution in [2.45, 2.75) is 33.6 Å². The molecule has 0 saturated carbocycles. The molecule has 0 amide bonds. The average Bonchev–Trinajstić information content (AvgIpc) is 2.53. The van der Waals surface area contributed by atoms with Gasteiger partial charge in [0.25, 0.3) is 0 Å². The van der Waals surface area contributed by atoms with E-state index >= 15 is 0 Å². The molecule has 0 fully saturated rings. The van der Waals surface area contributed by atoms with E-state index in [-0.39, 0.29) is 5.63 Å². The lowest BCUT2D eigenvalue weighted by molar-refractivity contribution is 0.325. The molecule has 24 heavy (non-hydrogen) atoms. The Balaban J connectivity index is 2.08. The van der Waals surface area contributed by atoms with Crippen LogP contribution in [0.1, 0.15) is 33.6 Å². The molecule has 0 bridgehead atoms. The summed E-state index contributed by atoms with van der Waals surface area (Å²) in [5.74, 6) is 1.18. The van der Waals surface area contributed by atoms with Crippen LogP contribution in [0.4, 0.5) is 0 Å². The highest BCUT2D eigenvalue weighted by Gasteiger charge is 2.08. The zero-order valence-electron chi connectivity index (χ0n) is 14.7. The second-order valence-electron chi connectivity index (χ2n) is 5.98. The molecule has 128 valence electrons. The number of hydrogen-bond donors (Lipinski definition) is 0. The van der Waals surface area contributed by atoms with Gasteiger partial charge in [-0.3, -0.25) is 0 Å². The zero-order valence-corrected chi connectivity index (χ0v) is 14.7. The molecule has 0 atom stereocenters. The Kier molecular flexibility index (Phi) is 6.24. The molecule has 4 nitrogen and oxygen atoms in total. The maximum absolute atomic E-state index is 11.3. The van der Waals surface area contributed by atoms with Crippen molar-refractivity contribution >= 4 is 11.0 Å². The largest absolute Gasteiger partial charge is 0.493 e. The SMILES string of the molecule is COc1cc2ccc(=O)oc2cc1OC/C=C(/C)CCC=C(C)C. The molecule has 0 aliphatic heterocycles. The summed E-state index contributed by atoms with van der Waals surface area (Å²) in [6, 6.07) is 6.60. The quantitative estimate of drug-likeness (QED) is 0.537. The fourth-order valence-corrected chi connectivity index (χ4v) is 2.31. The van der Waals surface area contributed by atoms with E-state index in [2.05, 4.69) is 32.9 Å². The predicted molar refractivity (Wildman–Crippen MR) is 97.0 cm³/mol. The summed E-state index contributed by atoms with van der Waals surface area (Å²) in [5.41, 5.74) is 2.72. The zero-order chi connectivity index (χ0) is 17.5. The standard InChI is InChI=1S/C20H24O4/c1-14(2)6-5-7-15(3)10-11-23-19-13-17-16(12-18(19)22-4)8-9-20(21)24-17/h6,8-10,12-13H,5,7,11H2,1-4H3/b15-10-. The average molecular weight is 328 g/mol. The van der Waals surface area contributed by atoms with Crippen LogP contribution in [-0.2, 0) is 0 Å². The molecule has 1 aromatic heterocycles. The third kappa shape index (κ3) is 5.01. The van der Waals surface area contributed by atoms with Crippen LogP contribution in [0.3, 0.4) is 0 Å². The number of benzene rings is 1. The van der Waals surface area contributed by atoms with Crippen molar-refractivity contribution in [3.05, 3.63) is 58.0 Å². The molecule has 1 aromatic carbocycles. The van der Waals surface area contributed by atoms with E-state index in [9.17, 15) is 4.79 Å². The fourth-order valence-electron chi connectivity index (χ4n) is 2.31. The second-order valence-corrected chi connectivity index (χ2v) is 5.98. The minimum atomic E-state index is -0.381. The Labute approximate surface area is 142 Å². The van der Waals surface area contributed by atoms with E-state index in [0.717, 1.165) is 18.2 Å². The van der Waals surface area contributed by atoms with Gasteiger partial charge in [0.1, 0.15) is 12.2 Å². The van der Waals surface area contributed by atoms with E-state index < -0.39 is 0 Å². The summed E-state index contributed by atoms with van der Waals surface area (Å²) in [5, 5.41) is 0.798. The van der Waals surface area contributed by atoms with Gasteiger partial charge in [0.2, 0.25) is 0 Å². The van der Waals surface area contributed by atoms with Gasteiger partial charge < -0.3 is 13.9 Å². The smallest absolute Gasteiger partial charge is 0.336 e. The molecule has 0 spiro atoms. The summed E-state index contributed by atoms with van der Waals surface area (Å²) in [6.45, 7) is 6.75.